The van der Waals surface area contributed by atoms with E-state index in [9.17, 15) is 0 Å². The first-order valence-corrected chi connectivity index (χ1v) is 6.89. The van der Waals surface area contributed by atoms with Crippen LogP contribution in [0.4, 0.5) is 0 Å². The Morgan fingerprint density at radius 3 is 2.75 bits per heavy atom. The number of aromatic nitrogens is 3. The molecule has 3 aromatic rings. The van der Waals surface area contributed by atoms with E-state index >= 15 is 0 Å². The molecule has 0 fully saturated rings. The third kappa shape index (κ3) is 2.64. The minimum atomic E-state index is 0.774. The van der Waals surface area contributed by atoms with Crippen molar-refractivity contribution < 1.29 is 4.74 Å². The van der Waals surface area contributed by atoms with Crippen molar-refractivity contribution in [2.75, 3.05) is 6.61 Å². The molecule has 0 aliphatic carbocycles. The Kier molecular flexibility index (Phi) is 3.63. The summed E-state index contributed by atoms with van der Waals surface area (Å²) < 4.78 is 7.58. The molecule has 0 radical (unpaired) electrons. The standard InChI is InChI=1S/C16H17N3O/c1-2-3-10-20-14-6-4-13(5-7-14)15-11-19-12-17-9-8-16(19)18-15/h4-9,11-12H,2-3,10H2,1H3. The minimum absolute atomic E-state index is 0.774. The normalized spacial score (nSPS) is 10.8. The zero-order valence-electron chi connectivity index (χ0n) is 11.5. The number of benzene rings is 1. The predicted octanol–water partition coefficient (Wildman–Crippen LogP) is 3.58. The van der Waals surface area contributed by atoms with Crippen molar-refractivity contribution in [3.8, 4) is 17.0 Å². The number of ether oxygens (including phenoxy) is 1. The van der Waals surface area contributed by atoms with E-state index < -0.39 is 0 Å². The highest BCUT2D eigenvalue weighted by molar-refractivity contribution is 5.63. The topological polar surface area (TPSA) is 39.4 Å². The molecule has 0 N–H and O–H groups in total. The SMILES string of the molecule is CCCCOc1ccc(-c2cn3cnccc3n2)cc1. The highest BCUT2D eigenvalue weighted by atomic mass is 16.5. The number of fused-ring (bicyclic) bond motifs is 1. The van der Waals surface area contributed by atoms with Gasteiger partial charge in [-0.05, 0) is 36.8 Å². The van der Waals surface area contributed by atoms with Crippen molar-refractivity contribution in [2.24, 2.45) is 0 Å². The number of nitrogens with zero attached hydrogens (tertiary/aromatic N) is 3. The van der Waals surface area contributed by atoms with Crippen LogP contribution in [0.15, 0.2) is 49.1 Å². The Balaban J connectivity index is 1.79. The molecule has 1 aromatic carbocycles. The second-order valence-electron chi connectivity index (χ2n) is 4.70. The maximum Gasteiger partial charge on any atom is 0.140 e. The van der Waals surface area contributed by atoms with Crippen LogP contribution in [0.25, 0.3) is 16.9 Å². The molecule has 4 heteroatoms. The summed E-state index contributed by atoms with van der Waals surface area (Å²) in [7, 11) is 0. The molecule has 0 saturated carbocycles. The molecule has 0 bridgehead atoms. The summed E-state index contributed by atoms with van der Waals surface area (Å²) in [5.41, 5.74) is 2.92. The van der Waals surface area contributed by atoms with Gasteiger partial charge >= 0.3 is 0 Å². The summed E-state index contributed by atoms with van der Waals surface area (Å²) in [6.07, 6.45) is 7.72. The first-order chi connectivity index (χ1) is 9.86. The molecule has 2 heterocycles. The van der Waals surface area contributed by atoms with Crippen molar-refractivity contribution in [2.45, 2.75) is 19.8 Å². The zero-order valence-corrected chi connectivity index (χ0v) is 11.5. The van der Waals surface area contributed by atoms with Gasteiger partial charge in [0.15, 0.2) is 0 Å². The highest BCUT2D eigenvalue weighted by Crippen LogP contribution is 2.22. The van der Waals surface area contributed by atoms with Crippen molar-refractivity contribution in [1.82, 2.24) is 14.4 Å². The van der Waals surface area contributed by atoms with Gasteiger partial charge in [-0.3, -0.25) is 4.40 Å². The lowest BCUT2D eigenvalue weighted by atomic mass is 10.2. The lowest BCUT2D eigenvalue weighted by molar-refractivity contribution is 0.309. The average Bonchev–Trinajstić information content (AvgIpc) is 2.92. The predicted molar refractivity (Wildman–Crippen MR) is 78.8 cm³/mol. The summed E-state index contributed by atoms with van der Waals surface area (Å²) in [5.74, 6) is 0.910. The number of hydrogen-bond acceptors (Lipinski definition) is 3. The molecule has 0 atom stereocenters. The van der Waals surface area contributed by atoms with E-state index in [1.807, 2.05) is 40.9 Å². The van der Waals surface area contributed by atoms with E-state index in [0.29, 0.717) is 0 Å². The van der Waals surface area contributed by atoms with Crippen LogP contribution >= 0.6 is 0 Å². The van der Waals surface area contributed by atoms with Crippen molar-refractivity contribution in [1.29, 1.82) is 0 Å². The molecule has 102 valence electrons. The van der Waals surface area contributed by atoms with Crippen molar-refractivity contribution in [3.05, 3.63) is 49.1 Å². The lowest BCUT2D eigenvalue weighted by Crippen LogP contribution is -1.95. The van der Waals surface area contributed by atoms with Crippen LogP contribution in [-0.2, 0) is 0 Å². The molecule has 0 spiro atoms. The van der Waals surface area contributed by atoms with Crippen LogP contribution in [0, 0.1) is 0 Å². The fraction of sp³-hybridized carbons (Fsp3) is 0.250. The maximum atomic E-state index is 5.66. The van der Waals surface area contributed by atoms with Gasteiger partial charge in [-0.2, -0.15) is 0 Å². The van der Waals surface area contributed by atoms with E-state index in [0.717, 1.165) is 42.1 Å². The van der Waals surface area contributed by atoms with Gasteiger partial charge in [0.2, 0.25) is 0 Å². The Bertz CT molecular complexity index is 655. The molecular weight excluding hydrogens is 250 g/mol. The van der Waals surface area contributed by atoms with Gasteiger partial charge in [-0.15, -0.1) is 0 Å². The van der Waals surface area contributed by atoms with Crippen LogP contribution in [0.1, 0.15) is 19.8 Å². The van der Waals surface area contributed by atoms with Gasteiger partial charge < -0.3 is 4.74 Å². The van der Waals surface area contributed by atoms with Crippen molar-refractivity contribution in [3.63, 3.8) is 0 Å². The van der Waals surface area contributed by atoms with Crippen LogP contribution in [0.2, 0.25) is 0 Å². The van der Waals surface area contributed by atoms with E-state index in [1.54, 1.807) is 12.5 Å². The summed E-state index contributed by atoms with van der Waals surface area (Å²) in [6.45, 7) is 2.93. The summed E-state index contributed by atoms with van der Waals surface area (Å²) >= 11 is 0. The summed E-state index contributed by atoms with van der Waals surface area (Å²) in [6, 6.07) is 9.96. The third-order valence-electron chi connectivity index (χ3n) is 3.18. The van der Waals surface area contributed by atoms with E-state index in [1.165, 1.54) is 0 Å². The number of unbranched alkanes of at least 4 members (excludes halogenated alkanes) is 1. The molecule has 0 unspecified atom stereocenters. The summed E-state index contributed by atoms with van der Waals surface area (Å²) in [4.78, 5) is 8.65. The first-order valence-electron chi connectivity index (χ1n) is 6.89. The lowest BCUT2D eigenvalue weighted by Gasteiger charge is -2.05. The van der Waals surface area contributed by atoms with E-state index in [4.69, 9.17) is 4.74 Å². The molecule has 2 aromatic heterocycles. The quantitative estimate of drug-likeness (QED) is 0.663. The highest BCUT2D eigenvalue weighted by Gasteiger charge is 2.04. The van der Waals surface area contributed by atoms with Gasteiger partial charge in [0.05, 0.1) is 12.3 Å². The van der Waals surface area contributed by atoms with E-state index in [2.05, 4.69) is 16.9 Å². The summed E-state index contributed by atoms with van der Waals surface area (Å²) in [5, 5.41) is 0. The zero-order chi connectivity index (χ0) is 13.8. The maximum absolute atomic E-state index is 5.66. The van der Waals surface area contributed by atoms with Gasteiger partial charge in [-0.1, -0.05) is 13.3 Å². The number of rotatable bonds is 5. The Morgan fingerprint density at radius 2 is 2.00 bits per heavy atom. The number of hydrogen-bond donors (Lipinski definition) is 0. The van der Waals surface area contributed by atoms with E-state index in [-0.39, 0.29) is 0 Å². The van der Waals surface area contributed by atoms with Gasteiger partial charge in [0.1, 0.15) is 17.7 Å². The smallest absolute Gasteiger partial charge is 0.140 e. The molecule has 0 aliphatic heterocycles. The van der Waals surface area contributed by atoms with Crippen LogP contribution in [-0.4, -0.2) is 21.0 Å². The van der Waals surface area contributed by atoms with Crippen LogP contribution in [0.3, 0.4) is 0 Å². The largest absolute Gasteiger partial charge is 0.494 e. The third-order valence-corrected chi connectivity index (χ3v) is 3.18. The Hall–Kier alpha value is -2.36. The fourth-order valence-corrected chi connectivity index (χ4v) is 2.04. The molecule has 3 rings (SSSR count). The van der Waals surface area contributed by atoms with Gasteiger partial charge in [0.25, 0.3) is 0 Å². The monoisotopic (exact) mass is 267 g/mol. The Morgan fingerprint density at radius 1 is 1.15 bits per heavy atom. The molecule has 0 aliphatic rings. The second kappa shape index (κ2) is 5.74. The van der Waals surface area contributed by atoms with Gasteiger partial charge in [0, 0.05) is 18.0 Å². The van der Waals surface area contributed by atoms with Crippen LogP contribution in [0.5, 0.6) is 5.75 Å². The average molecular weight is 267 g/mol. The Labute approximate surface area is 118 Å². The first kappa shape index (κ1) is 12.7. The molecule has 0 saturated heterocycles. The van der Waals surface area contributed by atoms with Crippen molar-refractivity contribution >= 4 is 5.65 Å². The second-order valence-corrected chi connectivity index (χ2v) is 4.70. The molecule has 20 heavy (non-hydrogen) atoms. The molecule has 0 amide bonds. The number of imidazole rings is 1. The minimum Gasteiger partial charge on any atom is -0.494 e. The molecule has 4 nitrogen and oxygen atoms in total. The van der Waals surface area contributed by atoms with Gasteiger partial charge in [-0.25, -0.2) is 9.97 Å². The van der Waals surface area contributed by atoms with Crippen LogP contribution < -0.4 is 4.74 Å². The molecular formula is C16H17N3O. The fourth-order valence-electron chi connectivity index (χ4n) is 2.04.